The predicted octanol–water partition coefficient (Wildman–Crippen LogP) is 6.77. The fourth-order valence-electron chi connectivity index (χ4n) is 6.57. The van der Waals surface area contributed by atoms with E-state index in [1.54, 1.807) is 0 Å². The maximum Gasteiger partial charge on any atom is 0.223 e. The third-order valence-corrected chi connectivity index (χ3v) is 7.74. The van der Waals surface area contributed by atoms with E-state index in [1.807, 2.05) is 24.3 Å². The van der Waals surface area contributed by atoms with Gasteiger partial charge in [-0.3, -0.25) is 4.79 Å². The van der Waals surface area contributed by atoms with Crippen molar-refractivity contribution in [3.05, 3.63) is 70.9 Å². The number of likely N-dealkylation sites (tertiary alicyclic amines) is 1. The molecule has 0 spiro atoms. The van der Waals surface area contributed by atoms with Gasteiger partial charge in [0.1, 0.15) is 0 Å². The average Bonchev–Trinajstić information content (AvgIpc) is 3.24. The van der Waals surface area contributed by atoms with Crippen molar-refractivity contribution in [2.75, 3.05) is 6.54 Å². The Kier molecular flexibility index (Phi) is 4.93. The Hall–Kier alpha value is -2.26. The van der Waals surface area contributed by atoms with Crippen molar-refractivity contribution in [3.63, 3.8) is 0 Å². The van der Waals surface area contributed by atoms with E-state index in [-0.39, 0.29) is 17.2 Å². The zero-order valence-electron chi connectivity index (χ0n) is 18.6. The van der Waals surface area contributed by atoms with Crippen LogP contribution in [0.5, 0.6) is 0 Å². The quantitative estimate of drug-likeness (QED) is 0.483. The molecule has 31 heavy (non-hydrogen) atoms. The number of aromatic amines is 1. The average molecular weight is 435 g/mol. The first-order valence-corrected chi connectivity index (χ1v) is 11.7. The van der Waals surface area contributed by atoms with Gasteiger partial charge in [-0.05, 0) is 53.4 Å². The van der Waals surface area contributed by atoms with Crippen molar-refractivity contribution in [2.45, 2.75) is 58.4 Å². The lowest BCUT2D eigenvalue weighted by atomic mass is 9.65. The van der Waals surface area contributed by atoms with Crippen LogP contribution in [0.2, 0.25) is 5.02 Å². The first kappa shape index (κ1) is 20.6. The van der Waals surface area contributed by atoms with Crippen LogP contribution < -0.4 is 0 Å². The zero-order chi connectivity index (χ0) is 21.8. The van der Waals surface area contributed by atoms with Crippen LogP contribution in [-0.2, 0) is 4.79 Å². The topological polar surface area (TPSA) is 36.1 Å². The highest BCUT2D eigenvalue weighted by molar-refractivity contribution is 6.31. The van der Waals surface area contributed by atoms with Crippen molar-refractivity contribution < 1.29 is 4.79 Å². The van der Waals surface area contributed by atoms with Crippen molar-refractivity contribution in [3.8, 4) is 0 Å². The number of fused-ring (bicyclic) bond motifs is 3. The predicted molar refractivity (Wildman–Crippen MR) is 127 cm³/mol. The van der Waals surface area contributed by atoms with Gasteiger partial charge in [-0.15, -0.1) is 0 Å². The summed E-state index contributed by atoms with van der Waals surface area (Å²) in [5, 5.41) is 1.88. The summed E-state index contributed by atoms with van der Waals surface area (Å²) in [6.07, 6.45) is 5.91. The Morgan fingerprint density at radius 2 is 1.84 bits per heavy atom. The summed E-state index contributed by atoms with van der Waals surface area (Å²) in [7, 11) is 0. The summed E-state index contributed by atoms with van der Waals surface area (Å²) < 4.78 is 0. The van der Waals surface area contributed by atoms with E-state index in [9.17, 15) is 4.79 Å². The molecule has 3 atom stereocenters. The number of H-pyrrole nitrogens is 1. The number of nitrogens with one attached hydrogen (secondary N) is 1. The Morgan fingerprint density at radius 1 is 1.10 bits per heavy atom. The van der Waals surface area contributed by atoms with Crippen molar-refractivity contribution in [1.82, 2.24) is 9.88 Å². The van der Waals surface area contributed by atoms with Crippen molar-refractivity contribution in [1.29, 1.82) is 0 Å². The lowest BCUT2D eigenvalue weighted by Crippen LogP contribution is -2.38. The molecule has 1 aliphatic carbocycles. The zero-order valence-corrected chi connectivity index (χ0v) is 19.4. The second-order valence-electron chi connectivity index (χ2n) is 10.8. The number of para-hydroxylation sites is 1. The number of aromatic nitrogens is 1. The van der Waals surface area contributed by atoms with E-state index in [2.05, 4.69) is 61.1 Å². The molecule has 2 aliphatic rings. The van der Waals surface area contributed by atoms with Crippen LogP contribution in [-0.4, -0.2) is 28.4 Å². The van der Waals surface area contributed by atoms with Crippen LogP contribution in [0.15, 0.2) is 54.7 Å². The first-order chi connectivity index (χ1) is 14.7. The molecule has 2 heterocycles. The molecule has 1 saturated heterocycles. The normalized spacial score (nSPS) is 25.7. The summed E-state index contributed by atoms with van der Waals surface area (Å²) in [5.41, 5.74) is 3.80. The third-order valence-electron chi connectivity index (χ3n) is 7.39. The minimum Gasteiger partial charge on any atom is -0.361 e. The van der Waals surface area contributed by atoms with Gasteiger partial charge < -0.3 is 9.88 Å². The van der Waals surface area contributed by atoms with E-state index in [0.29, 0.717) is 17.9 Å². The molecule has 2 fully saturated rings. The summed E-state index contributed by atoms with van der Waals surface area (Å²) in [6.45, 7) is 7.94. The highest BCUT2D eigenvalue weighted by Crippen LogP contribution is 2.53. The summed E-state index contributed by atoms with van der Waals surface area (Å²) in [5.74, 6) is 0.181. The van der Waals surface area contributed by atoms with E-state index in [0.717, 1.165) is 46.4 Å². The molecule has 3 nitrogen and oxygen atoms in total. The molecule has 162 valence electrons. The Morgan fingerprint density at radius 3 is 2.65 bits per heavy atom. The number of hydrogen-bond donors (Lipinski definition) is 1. The van der Waals surface area contributed by atoms with Gasteiger partial charge in [-0.25, -0.2) is 0 Å². The molecule has 2 bridgehead atoms. The minimum absolute atomic E-state index is 0.0707. The maximum absolute atomic E-state index is 13.7. The van der Waals surface area contributed by atoms with Crippen molar-refractivity contribution >= 4 is 28.4 Å². The van der Waals surface area contributed by atoms with Crippen LogP contribution in [0.3, 0.4) is 0 Å². The molecular weight excluding hydrogens is 404 g/mol. The number of hydrogen-bond acceptors (Lipinski definition) is 1. The van der Waals surface area contributed by atoms with Crippen LogP contribution in [0.25, 0.3) is 10.9 Å². The lowest BCUT2D eigenvalue weighted by molar-refractivity contribution is -0.132. The number of benzene rings is 2. The van der Waals surface area contributed by atoms with Crippen LogP contribution >= 0.6 is 11.6 Å². The molecule has 3 aromatic rings. The molecule has 1 aliphatic heterocycles. The van der Waals surface area contributed by atoms with Gasteiger partial charge in [0, 0.05) is 47.0 Å². The molecule has 1 saturated carbocycles. The third kappa shape index (κ3) is 3.78. The summed E-state index contributed by atoms with van der Waals surface area (Å²) in [4.78, 5) is 19.3. The molecule has 1 amide bonds. The molecule has 1 N–H and O–H groups in total. The standard InChI is InChI=1S/C27H31ClN2O/c1-26(2)13-18-14-27(3,16-26)17-30(18)25(31)12-21(19-8-4-6-10-23(19)28)22-15-29-24-11-7-5-9-20(22)24/h4-11,15,18,21,29H,12-14,16-17H2,1-3H3. The highest BCUT2D eigenvalue weighted by Gasteiger charge is 2.51. The van der Waals surface area contributed by atoms with Gasteiger partial charge in [0.25, 0.3) is 0 Å². The molecular formula is C27H31ClN2O. The Bertz CT molecular complexity index is 1130. The van der Waals surface area contributed by atoms with Gasteiger partial charge in [-0.1, -0.05) is 68.8 Å². The minimum atomic E-state index is -0.0707. The number of rotatable bonds is 4. The van der Waals surface area contributed by atoms with Gasteiger partial charge in [-0.2, -0.15) is 0 Å². The van der Waals surface area contributed by atoms with E-state index >= 15 is 0 Å². The van der Waals surface area contributed by atoms with Crippen molar-refractivity contribution in [2.24, 2.45) is 10.8 Å². The number of carbonyl (C=O) groups excluding carboxylic acids is 1. The molecule has 1 aromatic heterocycles. The smallest absolute Gasteiger partial charge is 0.223 e. The molecule has 3 unspecified atom stereocenters. The first-order valence-electron chi connectivity index (χ1n) is 11.3. The fraction of sp³-hybridized carbons (Fsp3) is 0.444. The number of amides is 1. The van der Waals surface area contributed by atoms with Gasteiger partial charge >= 0.3 is 0 Å². The molecule has 0 radical (unpaired) electrons. The highest BCUT2D eigenvalue weighted by atomic mass is 35.5. The van der Waals surface area contributed by atoms with Gasteiger partial charge in [0.15, 0.2) is 0 Å². The van der Waals surface area contributed by atoms with E-state index < -0.39 is 0 Å². The Labute approximate surface area is 189 Å². The second kappa shape index (κ2) is 7.41. The van der Waals surface area contributed by atoms with Crippen LogP contribution in [0, 0.1) is 10.8 Å². The molecule has 4 heteroatoms. The summed E-state index contributed by atoms with van der Waals surface area (Å²) >= 11 is 6.64. The number of nitrogens with zero attached hydrogens (tertiary/aromatic N) is 1. The van der Waals surface area contributed by atoms with E-state index in [1.165, 1.54) is 6.42 Å². The number of carbonyl (C=O) groups is 1. The maximum atomic E-state index is 13.7. The number of halogens is 1. The fourth-order valence-corrected chi connectivity index (χ4v) is 6.84. The van der Waals surface area contributed by atoms with Gasteiger partial charge in [0.05, 0.1) is 0 Å². The lowest BCUT2D eigenvalue weighted by Gasteiger charge is -2.39. The SMILES string of the molecule is CC1(C)CC2CC(C)(CN2C(=O)CC(c2ccccc2Cl)c2c[nH]c3ccccc23)C1. The second-order valence-corrected chi connectivity index (χ2v) is 11.2. The van der Waals surface area contributed by atoms with E-state index in [4.69, 9.17) is 11.6 Å². The summed E-state index contributed by atoms with van der Waals surface area (Å²) in [6, 6.07) is 16.6. The van der Waals surface area contributed by atoms with Crippen LogP contribution in [0.1, 0.15) is 63.5 Å². The molecule has 2 aromatic carbocycles. The largest absolute Gasteiger partial charge is 0.361 e. The molecule has 5 rings (SSSR count). The Balaban J connectivity index is 1.50. The monoisotopic (exact) mass is 434 g/mol. The van der Waals surface area contributed by atoms with Crippen LogP contribution in [0.4, 0.5) is 0 Å². The van der Waals surface area contributed by atoms with Gasteiger partial charge in [0.2, 0.25) is 5.91 Å².